The van der Waals surface area contributed by atoms with Crippen LogP contribution in [0.4, 0.5) is 0 Å². The molecule has 0 aromatic heterocycles. The summed E-state index contributed by atoms with van der Waals surface area (Å²) in [4.78, 5) is 38.7. The SMILES string of the molecule is COC(=O)[C@@H]1C[C@@H](S(C)(=O)=O)CN1C(=O)CNC(=O)c1ccc2cc3ccccc3cc2c1. The molecule has 1 heterocycles. The molecule has 1 fully saturated rings. The van der Waals surface area contributed by atoms with Crippen LogP contribution >= 0.6 is 0 Å². The molecule has 2 atom stereocenters. The summed E-state index contributed by atoms with van der Waals surface area (Å²) in [6.07, 6.45) is 1.05. The molecular formula is C24H24N2O6S. The van der Waals surface area contributed by atoms with Gasteiger partial charge >= 0.3 is 5.97 Å². The van der Waals surface area contributed by atoms with Gasteiger partial charge in [0.15, 0.2) is 9.84 Å². The van der Waals surface area contributed by atoms with Crippen molar-refractivity contribution in [1.29, 1.82) is 0 Å². The minimum Gasteiger partial charge on any atom is -0.467 e. The number of methoxy groups -OCH3 is 1. The van der Waals surface area contributed by atoms with E-state index >= 15 is 0 Å². The van der Waals surface area contributed by atoms with E-state index in [0.29, 0.717) is 5.56 Å². The summed E-state index contributed by atoms with van der Waals surface area (Å²) in [7, 11) is -2.26. The molecule has 0 radical (unpaired) electrons. The first kappa shape index (κ1) is 22.7. The monoisotopic (exact) mass is 468 g/mol. The van der Waals surface area contributed by atoms with Gasteiger partial charge in [0.1, 0.15) is 6.04 Å². The summed E-state index contributed by atoms with van der Waals surface area (Å²) in [5.41, 5.74) is 0.394. The van der Waals surface area contributed by atoms with Crippen molar-refractivity contribution in [3.63, 3.8) is 0 Å². The summed E-state index contributed by atoms with van der Waals surface area (Å²) in [5.74, 6) is -1.66. The summed E-state index contributed by atoms with van der Waals surface area (Å²) in [5, 5.41) is 5.77. The third kappa shape index (κ3) is 4.68. The molecule has 0 aliphatic carbocycles. The Morgan fingerprint density at radius 3 is 2.27 bits per heavy atom. The number of fused-ring (bicyclic) bond motifs is 2. The minimum atomic E-state index is -3.44. The lowest BCUT2D eigenvalue weighted by atomic mass is 10.0. The number of amides is 2. The zero-order valence-corrected chi connectivity index (χ0v) is 19.1. The lowest BCUT2D eigenvalue weighted by molar-refractivity contribution is -0.150. The van der Waals surface area contributed by atoms with E-state index in [4.69, 9.17) is 4.74 Å². The predicted molar refractivity (Wildman–Crippen MR) is 125 cm³/mol. The summed E-state index contributed by atoms with van der Waals surface area (Å²) in [6.45, 7) is -0.477. The number of esters is 1. The third-order valence-electron chi connectivity index (χ3n) is 6.03. The van der Waals surface area contributed by atoms with Gasteiger partial charge in [-0.2, -0.15) is 0 Å². The molecule has 0 spiro atoms. The summed E-state index contributed by atoms with van der Waals surface area (Å²) >= 11 is 0. The van der Waals surface area contributed by atoms with E-state index in [1.54, 1.807) is 12.1 Å². The molecule has 33 heavy (non-hydrogen) atoms. The highest BCUT2D eigenvalue weighted by Crippen LogP contribution is 2.25. The number of hydrogen-bond donors (Lipinski definition) is 1. The maximum absolute atomic E-state index is 12.8. The minimum absolute atomic E-state index is 0.0240. The van der Waals surface area contributed by atoms with Gasteiger partial charge in [-0.15, -0.1) is 0 Å². The van der Waals surface area contributed by atoms with E-state index in [0.717, 1.165) is 27.8 Å². The largest absolute Gasteiger partial charge is 0.467 e. The third-order valence-corrected chi connectivity index (χ3v) is 7.58. The highest BCUT2D eigenvalue weighted by atomic mass is 32.2. The van der Waals surface area contributed by atoms with Gasteiger partial charge in [0.05, 0.1) is 18.9 Å². The number of likely N-dealkylation sites (tertiary alicyclic amines) is 1. The second-order valence-corrected chi connectivity index (χ2v) is 10.5. The van der Waals surface area contributed by atoms with E-state index in [1.807, 2.05) is 36.4 Å². The average molecular weight is 469 g/mol. The Labute approximate surface area is 191 Å². The Bertz CT molecular complexity index is 1370. The fraction of sp³-hybridized carbons (Fsp3) is 0.292. The number of rotatable bonds is 5. The summed E-state index contributed by atoms with van der Waals surface area (Å²) in [6, 6.07) is 16.3. The standard InChI is InChI=1S/C24H24N2O6S/c1-32-24(29)21-12-20(33(2,30)31)14-26(21)22(27)13-25-23(28)18-8-7-17-9-15-5-3-4-6-16(15)10-19(17)11-18/h3-11,20-21H,12-14H2,1-2H3,(H,25,28)/t20-,21+/m1/s1. The molecule has 4 rings (SSSR count). The fourth-order valence-corrected chi connectivity index (χ4v) is 5.15. The van der Waals surface area contributed by atoms with Crippen LogP contribution in [0, 0.1) is 0 Å². The van der Waals surface area contributed by atoms with Crippen molar-refractivity contribution in [3.8, 4) is 0 Å². The van der Waals surface area contributed by atoms with Crippen LogP contribution in [0.15, 0.2) is 54.6 Å². The molecule has 1 saturated heterocycles. The van der Waals surface area contributed by atoms with Crippen LogP contribution in [-0.4, -0.2) is 68.8 Å². The molecule has 1 N–H and O–H groups in total. The van der Waals surface area contributed by atoms with Crippen LogP contribution in [0.2, 0.25) is 0 Å². The highest BCUT2D eigenvalue weighted by molar-refractivity contribution is 7.91. The molecule has 9 heteroatoms. The quantitative estimate of drug-likeness (QED) is 0.453. The molecule has 1 aliphatic rings. The number of hydrogen-bond acceptors (Lipinski definition) is 6. The predicted octanol–water partition coefficient (Wildman–Crippen LogP) is 1.91. The van der Waals surface area contributed by atoms with Crippen molar-refractivity contribution in [1.82, 2.24) is 10.2 Å². The molecule has 3 aromatic carbocycles. The number of nitrogens with one attached hydrogen (secondary N) is 1. The maximum atomic E-state index is 12.8. The van der Waals surface area contributed by atoms with Crippen molar-refractivity contribution < 1.29 is 27.5 Å². The average Bonchev–Trinajstić information content (AvgIpc) is 3.26. The van der Waals surface area contributed by atoms with Crippen molar-refractivity contribution in [2.24, 2.45) is 0 Å². The van der Waals surface area contributed by atoms with Crippen LogP contribution in [-0.2, 0) is 24.2 Å². The first-order chi connectivity index (χ1) is 15.7. The van der Waals surface area contributed by atoms with E-state index < -0.39 is 38.9 Å². The molecular weight excluding hydrogens is 444 g/mol. The fourth-order valence-electron chi connectivity index (χ4n) is 4.18. The second kappa shape index (κ2) is 8.82. The molecule has 8 nitrogen and oxygen atoms in total. The van der Waals surface area contributed by atoms with Gasteiger partial charge in [0.25, 0.3) is 5.91 Å². The van der Waals surface area contributed by atoms with E-state index in [2.05, 4.69) is 11.4 Å². The molecule has 172 valence electrons. The van der Waals surface area contributed by atoms with E-state index in [9.17, 15) is 22.8 Å². The Kier molecular flexibility index (Phi) is 6.07. The first-order valence-corrected chi connectivity index (χ1v) is 12.4. The van der Waals surface area contributed by atoms with Crippen LogP contribution in [0.1, 0.15) is 16.8 Å². The van der Waals surface area contributed by atoms with Crippen LogP contribution in [0.3, 0.4) is 0 Å². The Hall–Kier alpha value is -3.46. The highest BCUT2D eigenvalue weighted by Gasteiger charge is 2.43. The number of sulfone groups is 1. The second-order valence-electron chi connectivity index (χ2n) is 8.22. The Morgan fingerprint density at radius 2 is 1.64 bits per heavy atom. The topological polar surface area (TPSA) is 110 Å². The van der Waals surface area contributed by atoms with Crippen molar-refractivity contribution in [2.45, 2.75) is 17.7 Å². The zero-order chi connectivity index (χ0) is 23.8. The molecule has 1 aliphatic heterocycles. The molecule has 0 bridgehead atoms. The first-order valence-electron chi connectivity index (χ1n) is 10.4. The lowest BCUT2D eigenvalue weighted by Crippen LogP contribution is -2.46. The smallest absolute Gasteiger partial charge is 0.328 e. The normalized spacial score (nSPS) is 18.4. The lowest BCUT2D eigenvalue weighted by Gasteiger charge is -2.22. The van der Waals surface area contributed by atoms with Gasteiger partial charge < -0.3 is 15.0 Å². The number of ether oxygens (including phenoxy) is 1. The number of carbonyl (C=O) groups is 3. The van der Waals surface area contributed by atoms with Crippen molar-refractivity contribution in [2.75, 3.05) is 26.5 Å². The van der Waals surface area contributed by atoms with Crippen LogP contribution < -0.4 is 5.32 Å². The Morgan fingerprint density at radius 1 is 1.00 bits per heavy atom. The van der Waals surface area contributed by atoms with Crippen molar-refractivity contribution in [3.05, 3.63) is 60.2 Å². The Balaban J connectivity index is 1.48. The van der Waals surface area contributed by atoms with Gasteiger partial charge in [0, 0.05) is 18.4 Å². The number of carbonyl (C=O) groups excluding carboxylic acids is 3. The summed E-state index contributed by atoms with van der Waals surface area (Å²) < 4.78 is 28.6. The number of benzene rings is 3. The molecule has 3 aromatic rings. The van der Waals surface area contributed by atoms with Crippen molar-refractivity contribution >= 4 is 49.2 Å². The van der Waals surface area contributed by atoms with Gasteiger partial charge in [-0.05, 0) is 52.2 Å². The maximum Gasteiger partial charge on any atom is 0.328 e. The zero-order valence-electron chi connectivity index (χ0n) is 18.3. The van der Waals surface area contributed by atoms with Gasteiger partial charge in [-0.25, -0.2) is 13.2 Å². The number of nitrogens with zero attached hydrogens (tertiary/aromatic N) is 1. The van der Waals surface area contributed by atoms with Crippen LogP contribution in [0.5, 0.6) is 0 Å². The van der Waals surface area contributed by atoms with E-state index in [1.165, 1.54) is 12.0 Å². The van der Waals surface area contributed by atoms with Gasteiger partial charge in [-0.1, -0.05) is 30.3 Å². The van der Waals surface area contributed by atoms with Gasteiger partial charge in [0.2, 0.25) is 5.91 Å². The van der Waals surface area contributed by atoms with Gasteiger partial charge in [-0.3, -0.25) is 9.59 Å². The molecule has 0 saturated carbocycles. The molecule has 2 amide bonds. The van der Waals surface area contributed by atoms with E-state index in [-0.39, 0.29) is 19.5 Å². The van der Waals surface area contributed by atoms with Crippen LogP contribution in [0.25, 0.3) is 21.5 Å². The molecule has 0 unspecified atom stereocenters.